The summed E-state index contributed by atoms with van der Waals surface area (Å²) in [5.41, 5.74) is -0.573. The van der Waals surface area contributed by atoms with Crippen molar-refractivity contribution in [3.05, 3.63) is 0 Å². The standard InChI is InChI=1S/C18H37NO5Si/c1-10-22-15(20)12-11-14(19-16(21)24-17(2,3)4)13-23-25(8,9)18(5,6)7/h14H,10-13H2,1-9H3,(H,19,21)/t14-/m0/s1. The van der Waals surface area contributed by atoms with Gasteiger partial charge in [-0.3, -0.25) is 4.79 Å². The summed E-state index contributed by atoms with van der Waals surface area (Å²) in [5.74, 6) is -0.272. The maximum absolute atomic E-state index is 12.1. The fourth-order valence-electron chi connectivity index (χ4n) is 1.72. The maximum atomic E-state index is 12.1. The van der Waals surface area contributed by atoms with Crippen LogP contribution in [0.5, 0.6) is 0 Å². The SMILES string of the molecule is CCOC(=O)CC[C@@H](CO[Si](C)(C)C(C)(C)C)NC(=O)OC(C)(C)C. The number of alkyl carbamates (subject to hydrolysis) is 1. The number of carbonyl (C=O) groups excluding carboxylic acids is 2. The van der Waals surface area contributed by atoms with Gasteiger partial charge in [0.25, 0.3) is 0 Å². The Morgan fingerprint density at radius 1 is 1.08 bits per heavy atom. The number of amides is 1. The second kappa shape index (κ2) is 9.57. The summed E-state index contributed by atoms with van der Waals surface area (Å²) in [6, 6.07) is -0.298. The highest BCUT2D eigenvalue weighted by atomic mass is 28.4. The molecule has 0 aromatic rings. The predicted molar refractivity (Wildman–Crippen MR) is 102 cm³/mol. The Balaban J connectivity index is 4.83. The summed E-state index contributed by atoms with van der Waals surface area (Å²) < 4.78 is 16.5. The van der Waals surface area contributed by atoms with Crippen molar-refractivity contribution >= 4 is 20.4 Å². The topological polar surface area (TPSA) is 73.9 Å². The van der Waals surface area contributed by atoms with E-state index in [2.05, 4.69) is 39.2 Å². The first kappa shape index (κ1) is 23.9. The smallest absolute Gasteiger partial charge is 0.407 e. The van der Waals surface area contributed by atoms with Crippen molar-refractivity contribution in [2.24, 2.45) is 0 Å². The van der Waals surface area contributed by atoms with E-state index >= 15 is 0 Å². The molecule has 0 rings (SSSR count). The molecular formula is C18H37NO5Si. The van der Waals surface area contributed by atoms with Crippen LogP contribution in [0.1, 0.15) is 61.3 Å². The molecule has 0 saturated carbocycles. The van der Waals surface area contributed by atoms with Crippen molar-refractivity contribution in [2.75, 3.05) is 13.2 Å². The lowest BCUT2D eigenvalue weighted by atomic mass is 10.1. The number of esters is 1. The van der Waals surface area contributed by atoms with Crippen LogP contribution in [0.25, 0.3) is 0 Å². The molecule has 6 nitrogen and oxygen atoms in total. The third-order valence-electron chi connectivity index (χ3n) is 4.17. The zero-order chi connectivity index (χ0) is 19.9. The first-order chi connectivity index (χ1) is 11.2. The van der Waals surface area contributed by atoms with Crippen LogP contribution in [0.2, 0.25) is 18.1 Å². The van der Waals surface area contributed by atoms with Gasteiger partial charge in [0.2, 0.25) is 0 Å². The van der Waals surface area contributed by atoms with Gasteiger partial charge in [-0.2, -0.15) is 0 Å². The van der Waals surface area contributed by atoms with Crippen LogP contribution in [0.3, 0.4) is 0 Å². The van der Waals surface area contributed by atoms with Crippen molar-refractivity contribution in [2.45, 2.75) is 91.1 Å². The average molecular weight is 376 g/mol. The molecule has 0 spiro atoms. The van der Waals surface area contributed by atoms with Gasteiger partial charge in [-0.25, -0.2) is 4.79 Å². The van der Waals surface area contributed by atoms with Gasteiger partial charge in [-0.05, 0) is 52.2 Å². The molecule has 0 aromatic carbocycles. The molecule has 0 aromatic heterocycles. The van der Waals surface area contributed by atoms with Crippen molar-refractivity contribution in [3.63, 3.8) is 0 Å². The van der Waals surface area contributed by atoms with Gasteiger partial charge in [0.05, 0.1) is 19.3 Å². The molecule has 0 radical (unpaired) electrons. The molecule has 0 heterocycles. The monoisotopic (exact) mass is 375 g/mol. The Bertz CT molecular complexity index is 438. The Morgan fingerprint density at radius 3 is 2.08 bits per heavy atom. The van der Waals surface area contributed by atoms with Gasteiger partial charge in [-0.1, -0.05) is 20.8 Å². The molecule has 0 aliphatic carbocycles. The van der Waals surface area contributed by atoms with Gasteiger partial charge >= 0.3 is 12.1 Å². The highest BCUT2D eigenvalue weighted by Gasteiger charge is 2.37. The molecule has 0 unspecified atom stereocenters. The van der Waals surface area contributed by atoms with Crippen LogP contribution in [0.4, 0.5) is 4.79 Å². The van der Waals surface area contributed by atoms with E-state index in [4.69, 9.17) is 13.9 Å². The third-order valence-corrected chi connectivity index (χ3v) is 8.68. The third kappa shape index (κ3) is 10.5. The van der Waals surface area contributed by atoms with E-state index in [1.807, 2.05) is 20.8 Å². The Hall–Kier alpha value is -1.08. The van der Waals surface area contributed by atoms with E-state index in [0.717, 1.165) is 0 Å². The molecular weight excluding hydrogens is 338 g/mol. The molecule has 1 atom stereocenters. The van der Waals surface area contributed by atoms with E-state index in [1.165, 1.54) is 0 Å². The summed E-state index contributed by atoms with van der Waals surface area (Å²) in [6.45, 7) is 18.7. The van der Waals surface area contributed by atoms with Gasteiger partial charge in [0.1, 0.15) is 5.60 Å². The van der Waals surface area contributed by atoms with Gasteiger partial charge in [0.15, 0.2) is 8.32 Å². The molecule has 0 bridgehead atoms. The molecule has 0 aliphatic rings. The molecule has 25 heavy (non-hydrogen) atoms. The normalized spacial score (nSPS) is 14.0. The minimum absolute atomic E-state index is 0.0740. The summed E-state index contributed by atoms with van der Waals surface area (Å²) in [4.78, 5) is 23.7. The molecule has 148 valence electrons. The highest BCUT2D eigenvalue weighted by molar-refractivity contribution is 6.74. The second-order valence-electron chi connectivity index (χ2n) is 8.76. The van der Waals surface area contributed by atoms with Gasteiger partial charge < -0.3 is 19.2 Å². The summed E-state index contributed by atoms with van der Waals surface area (Å²) >= 11 is 0. The molecule has 0 saturated heterocycles. The molecule has 1 amide bonds. The Labute approximate surface area is 154 Å². The second-order valence-corrected chi connectivity index (χ2v) is 13.6. The van der Waals surface area contributed by atoms with Crippen molar-refractivity contribution < 1.29 is 23.5 Å². The van der Waals surface area contributed by atoms with Crippen LogP contribution >= 0.6 is 0 Å². The molecule has 0 fully saturated rings. The van der Waals surface area contributed by atoms with E-state index in [0.29, 0.717) is 19.6 Å². The maximum Gasteiger partial charge on any atom is 0.407 e. The van der Waals surface area contributed by atoms with Crippen molar-refractivity contribution in [1.82, 2.24) is 5.32 Å². The fraction of sp³-hybridized carbons (Fsp3) is 0.889. The highest BCUT2D eigenvalue weighted by Crippen LogP contribution is 2.36. The summed E-state index contributed by atoms with van der Waals surface area (Å²) in [7, 11) is -1.95. The molecule has 7 heteroatoms. The number of rotatable bonds is 8. The van der Waals surface area contributed by atoms with Crippen LogP contribution in [0, 0.1) is 0 Å². The molecule has 1 N–H and O–H groups in total. The predicted octanol–water partition coefficient (Wildman–Crippen LogP) is 4.24. The van der Waals surface area contributed by atoms with Gasteiger partial charge in [-0.15, -0.1) is 0 Å². The van der Waals surface area contributed by atoms with E-state index in [9.17, 15) is 9.59 Å². The lowest BCUT2D eigenvalue weighted by Gasteiger charge is -2.37. The number of nitrogens with one attached hydrogen (secondary N) is 1. The number of hydrogen-bond acceptors (Lipinski definition) is 5. The quantitative estimate of drug-likeness (QED) is 0.507. The minimum Gasteiger partial charge on any atom is -0.466 e. The zero-order valence-corrected chi connectivity index (χ0v) is 18.4. The lowest BCUT2D eigenvalue weighted by molar-refractivity contribution is -0.143. The van der Waals surface area contributed by atoms with Gasteiger partial charge in [0, 0.05) is 6.42 Å². The van der Waals surface area contributed by atoms with Crippen molar-refractivity contribution in [3.8, 4) is 0 Å². The number of carbonyl (C=O) groups is 2. The van der Waals surface area contributed by atoms with E-state index < -0.39 is 20.0 Å². The van der Waals surface area contributed by atoms with E-state index in [-0.39, 0.29) is 23.5 Å². The number of hydrogen-bond donors (Lipinski definition) is 1. The minimum atomic E-state index is -1.95. The Kier molecular flexibility index (Phi) is 9.15. The lowest BCUT2D eigenvalue weighted by Crippen LogP contribution is -2.47. The fourth-order valence-corrected chi connectivity index (χ4v) is 2.77. The van der Waals surface area contributed by atoms with Crippen molar-refractivity contribution in [1.29, 1.82) is 0 Å². The number of ether oxygens (including phenoxy) is 2. The average Bonchev–Trinajstić information content (AvgIpc) is 2.38. The van der Waals surface area contributed by atoms with Crippen LogP contribution in [-0.2, 0) is 18.7 Å². The largest absolute Gasteiger partial charge is 0.466 e. The van der Waals surface area contributed by atoms with Crippen LogP contribution in [0.15, 0.2) is 0 Å². The van der Waals surface area contributed by atoms with Crippen LogP contribution in [-0.4, -0.2) is 45.2 Å². The van der Waals surface area contributed by atoms with E-state index in [1.54, 1.807) is 6.92 Å². The summed E-state index contributed by atoms with van der Waals surface area (Å²) in [6.07, 6.45) is 0.183. The first-order valence-corrected chi connectivity index (χ1v) is 11.9. The molecule has 0 aliphatic heterocycles. The van der Waals surface area contributed by atoms with Crippen LogP contribution < -0.4 is 5.32 Å². The Morgan fingerprint density at radius 2 is 1.64 bits per heavy atom. The first-order valence-electron chi connectivity index (χ1n) is 8.97. The zero-order valence-electron chi connectivity index (χ0n) is 17.4. The summed E-state index contributed by atoms with van der Waals surface area (Å²) in [5, 5.41) is 2.90.